The van der Waals surface area contributed by atoms with Gasteiger partial charge in [-0.25, -0.2) is 17.6 Å². The summed E-state index contributed by atoms with van der Waals surface area (Å²) in [6.07, 6.45) is -5.53. The Morgan fingerprint density at radius 1 is 1.27 bits per heavy atom. The molecule has 0 saturated carbocycles. The summed E-state index contributed by atoms with van der Waals surface area (Å²) in [4.78, 5) is 10.9. The minimum absolute atomic E-state index is 0.234. The van der Waals surface area contributed by atoms with Crippen LogP contribution in [0.3, 0.4) is 0 Å². The van der Waals surface area contributed by atoms with Gasteiger partial charge in [0.05, 0.1) is 23.2 Å². The van der Waals surface area contributed by atoms with Gasteiger partial charge in [-0.1, -0.05) is 17.7 Å². The van der Waals surface area contributed by atoms with Crippen molar-refractivity contribution in [1.29, 1.82) is 0 Å². The van der Waals surface area contributed by atoms with Crippen molar-refractivity contribution < 1.29 is 35.5 Å². The Bertz CT molecular complexity index is 681. The second kappa shape index (κ2) is 5.22. The number of carbonyl (C=O) groups is 1. The number of sulfone groups is 1. The van der Waals surface area contributed by atoms with E-state index < -0.39 is 45.9 Å². The maximum absolute atomic E-state index is 14.1. The molecule has 0 unspecified atom stereocenters. The lowest BCUT2D eigenvalue weighted by Gasteiger charge is -2.24. The maximum atomic E-state index is 14.1. The normalized spacial score (nSPS) is 26.0. The Labute approximate surface area is 124 Å². The molecule has 0 bridgehead atoms. The predicted octanol–water partition coefficient (Wildman–Crippen LogP) is 2.21. The van der Waals surface area contributed by atoms with E-state index in [4.69, 9.17) is 0 Å². The number of esters is 1. The lowest BCUT2D eigenvalue weighted by Crippen LogP contribution is -2.51. The number of aryl methyl sites for hydroxylation is 1. The van der Waals surface area contributed by atoms with Gasteiger partial charge in [0, 0.05) is 0 Å². The quantitative estimate of drug-likeness (QED) is 0.625. The van der Waals surface area contributed by atoms with E-state index >= 15 is 0 Å². The van der Waals surface area contributed by atoms with Crippen LogP contribution >= 0.6 is 0 Å². The van der Waals surface area contributed by atoms with E-state index in [9.17, 15) is 30.8 Å². The number of benzene rings is 1. The summed E-state index contributed by atoms with van der Waals surface area (Å²) in [6, 6.07) is 5.37. The number of carbonyl (C=O) groups excluding carboxylic acids is 1. The Balaban J connectivity index is 2.33. The molecule has 0 amide bonds. The largest absolute Gasteiger partial charge is 0.463 e. The van der Waals surface area contributed by atoms with Gasteiger partial charge in [0.2, 0.25) is 0 Å². The van der Waals surface area contributed by atoms with Crippen LogP contribution < -0.4 is 0 Å². The zero-order chi connectivity index (χ0) is 16.8. The van der Waals surface area contributed by atoms with Gasteiger partial charge in [0.1, 0.15) is 0 Å². The van der Waals surface area contributed by atoms with Crippen molar-refractivity contribution in [2.75, 3.05) is 12.4 Å². The van der Waals surface area contributed by atoms with Crippen LogP contribution in [-0.2, 0) is 19.4 Å². The summed E-state index contributed by atoms with van der Waals surface area (Å²) < 4.78 is 80.9. The van der Waals surface area contributed by atoms with Crippen LogP contribution in [0.15, 0.2) is 29.2 Å². The minimum atomic E-state index is -5.53. The fraction of sp³-hybridized carbons (Fsp3) is 0.462. The molecule has 0 aliphatic carbocycles. The summed E-state index contributed by atoms with van der Waals surface area (Å²) in [7, 11) is -4.19. The Morgan fingerprint density at radius 2 is 1.82 bits per heavy atom. The van der Waals surface area contributed by atoms with Crippen molar-refractivity contribution in [3.63, 3.8) is 0 Å². The van der Waals surface area contributed by atoms with Crippen molar-refractivity contribution in [2.45, 2.75) is 23.7 Å². The lowest BCUT2D eigenvalue weighted by atomic mass is 9.93. The van der Waals surface area contributed by atoms with Gasteiger partial charge >= 0.3 is 17.8 Å². The van der Waals surface area contributed by atoms with Crippen LogP contribution in [0, 0.1) is 12.8 Å². The van der Waals surface area contributed by atoms with Gasteiger partial charge in [-0.05, 0) is 19.1 Å². The Hall–Kier alpha value is -1.64. The summed E-state index contributed by atoms with van der Waals surface area (Å²) >= 11 is 0. The molecule has 1 aromatic rings. The van der Waals surface area contributed by atoms with E-state index in [1.165, 1.54) is 24.3 Å². The highest BCUT2D eigenvalue weighted by molar-refractivity contribution is 7.91. The number of ether oxygens (including phenoxy) is 1. The number of hydrogen-bond donors (Lipinski definition) is 0. The average molecular weight is 340 g/mol. The minimum Gasteiger partial charge on any atom is -0.463 e. The molecule has 1 aliphatic heterocycles. The van der Waals surface area contributed by atoms with Gasteiger partial charge in [-0.15, -0.1) is 0 Å². The maximum Gasteiger partial charge on any atom is 0.433 e. The SMILES string of the molecule is Cc1ccc(S(=O)(=O)C[C@H]2COC(=O)[C@@]2(F)C(F)(F)F)cc1. The van der Waals surface area contributed by atoms with Crippen LogP contribution in [0.25, 0.3) is 0 Å². The first-order valence-corrected chi connectivity index (χ1v) is 7.86. The molecule has 122 valence electrons. The van der Waals surface area contributed by atoms with E-state index in [0.717, 1.165) is 5.56 Å². The molecule has 0 spiro atoms. The molecule has 1 aromatic carbocycles. The molecule has 4 nitrogen and oxygen atoms in total. The molecule has 0 N–H and O–H groups in total. The molecular weight excluding hydrogens is 328 g/mol. The first-order chi connectivity index (χ1) is 9.98. The van der Waals surface area contributed by atoms with Crippen LogP contribution in [-0.4, -0.2) is 38.6 Å². The molecule has 2 atom stereocenters. The van der Waals surface area contributed by atoms with Gasteiger partial charge in [-0.2, -0.15) is 13.2 Å². The smallest absolute Gasteiger partial charge is 0.433 e. The van der Waals surface area contributed by atoms with E-state index in [-0.39, 0.29) is 4.90 Å². The molecular formula is C13H12F4O4S. The van der Waals surface area contributed by atoms with Crippen molar-refractivity contribution in [2.24, 2.45) is 5.92 Å². The number of hydrogen-bond acceptors (Lipinski definition) is 4. The third kappa shape index (κ3) is 2.69. The Kier molecular flexibility index (Phi) is 3.97. The van der Waals surface area contributed by atoms with Crippen LogP contribution in [0.2, 0.25) is 0 Å². The van der Waals surface area contributed by atoms with Crippen LogP contribution in [0.1, 0.15) is 5.56 Å². The third-order valence-electron chi connectivity index (χ3n) is 3.49. The van der Waals surface area contributed by atoms with Crippen molar-refractivity contribution >= 4 is 15.8 Å². The van der Waals surface area contributed by atoms with Crippen LogP contribution in [0.4, 0.5) is 17.6 Å². The van der Waals surface area contributed by atoms with Crippen LogP contribution in [0.5, 0.6) is 0 Å². The molecule has 22 heavy (non-hydrogen) atoms. The van der Waals surface area contributed by atoms with Gasteiger partial charge < -0.3 is 4.74 Å². The highest BCUT2D eigenvalue weighted by Crippen LogP contribution is 2.45. The number of cyclic esters (lactones) is 1. The summed E-state index contributed by atoms with van der Waals surface area (Å²) in [5, 5.41) is 0. The van der Waals surface area contributed by atoms with E-state index in [1.807, 2.05) is 0 Å². The highest BCUT2D eigenvalue weighted by atomic mass is 32.2. The number of alkyl halides is 4. The monoisotopic (exact) mass is 340 g/mol. The van der Waals surface area contributed by atoms with Gasteiger partial charge in [0.15, 0.2) is 9.84 Å². The van der Waals surface area contributed by atoms with E-state index in [1.54, 1.807) is 6.92 Å². The van der Waals surface area contributed by atoms with Crippen molar-refractivity contribution in [3.8, 4) is 0 Å². The number of rotatable bonds is 3. The molecule has 0 aromatic heterocycles. The van der Waals surface area contributed by atoms with E-state index in [2.05, 4.69) is 4.74 Å². The van der Waals surface area contributed by atoms with Crippen molar-refractivity contribution in [3.05, 3.63) is 29.8 Å². The predicted molar refractivity (Wildman–Crippen MR) is 67.6 cm³/mol. The molecule has 2 rings (SSSR count). The van der Waals surface area contributed by atoms with Gasteiger partial charge in [-0.3, -0.25) is 0 Å². The zero-order valence-electron chi connectivity index (χ0n) is 11.4. The molecule has 1 fully saturated rings. The first-order valence-electron chi connectivity index (χ1n) is 6.21. The lowest BCUT2D eigenvalue weighted by molar-refractivity contribution is -0.234. The fourth-order valence-corrected chi connectivity index (χ4v) is 3.78. The third-order valence-corrected chi connectivity index (χ3v) is 5.32. The Morgan fingerprint density at radius 3 is 2.32 bits per heavy atom. The average Bonchev–Trinajstić information content (AvgIpc) is 2.68. The number of halogens is 4. The fourth-order valence-electron chi connectivity index (χ4n) is 2.18. The summed E-state index contributed by atoms with van der Waals surface area (Å²) in [5.41, 5.74) is -3.54. The molecule has 9 heteroatoms. The zero-order valence-corrected chi connectivity index (χ0v) is 12.2. The highest BCUT2D eigenvalue weighted by Gasteiger charge is 2.71. The van der Waals surface area contributed by atoms with E-state index in [0.29, 0.717) is 0 Å². The van der Waals surface area contributed by atoms with Gasteiger partial charge in [0.25, 0.3) is 0 Å². The second-order valence-electron chi connectivity index (χ2n) is 5.10. The molecule has 0 radical (unpaired) electrons. The standard InChI is InChI=1S/C13H12F4O4S/c1-8-2-4-10(5-3-8)22(19,20)7-9-6-21-11(18)12(9,14)13(15,16)17/h2-5,9H,6-7H2,1H3/t9-,12-/m1/s1. The summed E-state index contributed by atoms with van der Waals surface area (Å²) in [6.45, 7) is 0.774. The molecule has 1 aliphatic rings. The molecule has 1 saturated heterocycles. The topological polar surface area (TPSA) is 60.4 Å². The second-order valence-corrected chi connectivity index (χ2v) is 7.13. The summed E-state index contributed by atoms with van der Waals surface area (Å²) in [5.74, 6) is -5.40. The molecule has 1 heterocycles. The first kappa shape index (κ1) is 16.7. The van der Waals surface area contributed by atoms with Crippen molar-refractivity contribution in [1.82, 2.24) is 0 Å².